The van der Waals surface area contributed by atoms with E-state index in [4.69, 9.17) is 9.47 Å². The van der Waals surface area contributed by atoms with Crippen molar-refractivity contribution in [3.8, 4) is 11.5 Å². The van der Waals surface area contributed by atoms with Crippen LogP contribution in [0.2, 0.25) is 0 Å². The van der Waals surface area contributed by atoms with Crippen LogP contribution >= 0.6 is 24.8 Å². The highest BCUT2D eigenvalue weighted by Gasteiger charge is 2.26. The summed E-state index contributed by atoms with van der Waals surface area (Å²) in [4.78, 5) is 2.47. The molecule has 1 saturated heterocycles. The fourth-order valence-electron chi connectivity index (χ4n) is 4.54. The molecule has 6 heteroatoms. The summed E-state index contributed by atoms with van der Waals surface area (Å²) >= 11 is 0. The zero-order valence-electron chi connectivity index (χ0n) is 15.9. The minimum Gasteiger partial charge on any atom is -0.486 e. The van der Waals surface area contributed by atoms with Crippen LogP contribution in [0.25, 0.3) is 0 Å². The van der Waals surface area contributed by atoms with Gasteiger partial charge in [0.2, 0.25) is 0 Å². The molecule has 5 rings (SSSR count). The Labute approximate surface area is 179 Å². The summed E-state index contributed by atoms with van der Waals surface area (Å²) in [5, 5.41) is 3.92. The largest absolute Gasteiger partial charge is 0.486 e. The lowest BCUT2D eigenvalue weighted by Gasteiger charge is -2.35. The van der Waals surface area contributed by atoms with Crippen molar-refractivity contribution < 1.29 is 9.47 Å². The van der Waals surface area contributed by atoms with Gasteiger partial charge < -0.3 is 19.7 Å². The van der Waals surface area contributed by atoms with E-state index in [0.29, 0.717) is 25.3 Å². The summed E-state index contributed by atoms with van der Waals surface area (Å²) in [5.41, 5.74) is 4.30. The van der Waals surface area contributed by atoms with Crippen LogP contribution in [-0.4, -0.2) is 38.4 Å². The van der Waals surface area contributed by atoms with Crippen LogP contribution in [0.3, 0.4) is 0 Å². The van der Waals surface area contributed by atoms with Gasteiger partial charge in [-0.1, -0.05) is 24.3 Å². The first kappa shape index (κ1) is 21.1. The number of benzene rings is 2. The molecule has 3 aliphatic rings. The Bertz CT molecular complexity index is 769. The van der Waals surface area contributed by atoms with Gasteiger partial charge in [-0.25, -0.2) is 0 Å². The van der Waals surface area contributed by atoms with Crippen molar-refractivity contribution in [1.29, 1.82) is 0 Å². The van der Waals surface area contributed by atoms with Crippen molar-refractivity contribution in [2.24, 2.45) is 0 Å². The van der Waals surface area contributed by atoms with Gasteiger partial charge in [0.15, 0.2) is 11.5 Å². The summed E-state index contributed by atoms with van der Waals surface area (Å²) in [6, 6.07) is 16.5. The van der Waals surface area contributed by atoms with E-state index in [1.165, 1.54) is 42.5 Å². The number of hydrogen-bond donors (Lipinski definition) is 1. The van der Waals surface area contributed by atoms with Crippen LogP contribution in [0.4, 0.5) is 5.69 Å². The van der Waals surface area contributed by atoms with E-state index in [2.05, 4.69) is 46.6 Å². The third-order valence-electron chi connectivity index (χ3n) is 5.91. The average Bonchev–Trinajstić information content (AvgIpc) is 3.10. The Hall–Kier alpha value is -1.62. The predicted molar refractivity (Wildman–Crippen MR) is 118 cm³/mol. The maximum Gasteiger partial charge on any atom is 0.163 e. The van der Waals surface area contributed by atoms with Crippen molar-refractivity contribution in [3.63, 3.8) is 0 Å². The molecule has 0 amide bonds. The molecule has 0 bridgehead atoms. The maximum atomic E-state index is 5.73. The molecule has 152 valence electrons. The number of anilines is 1. The molecule has 1 N–H and O–H groups in total. The van der Waals surface area contributed by atoms with Gasteiger partial charge in [-0.05, 0) is 48.9 Å². The Morgan fingerprint density at radius 2 is 1.43 bits per heavy atom. The van der Waals surface area contributed by atoms with Crippen LogP contribution in [0.15, 0.2) is 42.5 Å². The zero-order valence-corrected chi connectivity index (χ0v) is 17.6. The summed E-state index contributed by atoms with van der Waals surface area (Å²) < 4.78 is 11.4. The van der Waals surface area contributed by atoms with Gasteiger partial charge in [0.05, 0.1) is 0 Å². The molecule has 0 saturated carbocycles. The average molecular weight is 423 g/mol. The molecule has 1 aliphatic carbocycles. The summed E-state index contributed by atoms with van der Waals surface area (Å²) in [6.45, 7) is 3.48. The molecule has 28 heavy (non-hydrogen) atoms. The lowest BCUT2D eigenvalue weighted by Crippen LogP contribution is -2.46. The monoisotopic (exact) mass is 422 g/mol. The van der Waals surface area contributed by atoms with Crippen LogP contribution < -0.4 is 19.7 Å². The highest BCUT2D eigenvalue weighted by Crippen LogP contribution is 2.35. The molecular formula is C22H28Cl2N2O2. The van der Waals surface area contributed by atoms with E-state index in [9.17, 15) is 0 Å². The molecule has 2 heterocycles. The maximum absolute atomic E-state index is 5.73. The number of hydrogen-bond acceptors (Lipinski definition) is 4. The Kier molecular flexibility index (Phi) is 6.97. The van der Waals surface area contributed by atoms with E-state index in [1.54, 1.807) is 0 Å². The van der Waals surface area contributed by atoms with Crippen molar-refractivity contribution in [3.05, 3.63) is 53.6 Å². The Balaban J connectivity index is 0.00000112. The van der Waals surface area contributed by atoms with Gasteiger partial charge in [-0.3, -0.25) is 0 Å². The fourth-order valence-corrected chi connectivity index (χ4v) is 4.54. The molecule has 2 aromatic rings. The topological polar surface area (TPSA) is 33.7 Å². The van der Waals surface area contributed by atoms with Gasteiger partial charge in [-0.2, -0.15) is 0 Å². The standard InChI is InChI=1S/C22H26N2O2.2ClH/c1-2-4-17-14-19(13-16(17)3-1)23-18-7-9-24(10-8-18)20-5-6-21-22(15-20)26-12-11-25-21;;/h1-6,15,18-19,23H,7-14H2;2*1H. The minimum absolute atomic E-state index is 0. The van der Waals surface area contributed by atoms with Gasteiger partial charge in [0.1, 0.15) is 13.2 Å². The molecule has 0 atom stereocenters. The number of nitrogens with one attached hydrogen (secondary N) is 1. The number of nitrogens with zero attached hydrogens (tertiary/aromatic N) is 1. The first-order valence-corrected chi connectivity index (χ1v) is 9.82. The van der Waals surface area contributed by atoms with E-state index >= 15 is 0 Å². The molecule has 4 nitrogen and oxygen atoms in total. The summed E-state index contributed by atoms with van der Waals surface area (Å²) in [7, 11) is 0. The van der Waals surface area contributed by atoms with Crippen LogP contribution in [0.5, 0.6) is 11.5 Å². The summed E-state index contributed by atoms with van der Waals surface area (Å²) in [5.74, 6) is 1.76. The minimum atomic E-state index is 0. The van der Waals surface area contributed by atoms with Gasteiger partial charge in [-0.15, -0.1) is 24.8 Å². The highest BCUT2D eigenvalue weighted by molar-refractivity contribution is 5.85. The van der Waals surface area contributed by atoms with E-state index < -0.39 is 0 Å². The highest BCUT2D eigenvalue weighted by atomic mass is 35.5. The first-order chi connectivity index (χ1) is 12.8. The number of piperidine rings is 1. The molecule has 0 unspecified atom stereocenters. The Morgan fingerprint density at radius 1 is 0.786 bits per heavy atom. The lowest BCUT2D eigenvalue weighted by atomic mass is 10.0. The van der Waals surface area contributed by atoms with E-state index in [-0.39, 0.29) is 24.8 Å². The number of ether oxygens (including phenoxy) is 2. The van der Waals surface area contributed by atoms with Gasteiger partial charge >= 0.3 is 0 Å². The number of fused-ring (bicyclic) bond motifs is 2. The lowest BCUT2D eigenvalue weighted by molar-refractivity contribution is 0.171. The molecule has 2 aromatic carbocycles. The zero-order chi connectivity index (χ0) is 17.3. The smallest absolute Gasteiger partial charge is 0.163 e. The molecule has 0 spiro atoms. The van der Waals surface area contributed by atoms with Crippen LogP contribution in [-0.2, 0) is 12.8 Å². The molecule has 2 aliphatic heterocycles. The van der Waals surface area contributed by atoms with Gasteiger partial charge in [0.25, 0.3) is 0 Å². The SMILES string of the molecule is Cl.Cl.c1ccc2c(c1)CC(NC1CCN(c3ccc4c(c3)OCCO4)CC1)C2. The van der Waals surface area contributed by atoms with Crippen molar-refractivity contribution in [2.45, 2.75) is 37.8 Å². The number of halogens is 2. The van der Waals surface area contributed by atoms with Crippen molar-refractivity contribution in [1.82, 2.24) is 5.32 Å². The second kappa shape index (κ2) is 9.25. The quantitative estimate of drug-likeness (QED) is 0.809. The van der Waals surface area contributed by atoms with Crippen molar-refractivity contribution >= 4 is 30.5 Å². The van der Waals surface area contributed by atoms with E-state index in [0.717, 1.165) is 24.6 Å². The fraction of sp³-hybridized carbons (Fsp3) is 0.455. The first-order valence-electron chi connectivity index (χ1n) is 9.82. The third kappa shape index (κ3) is 4.35. The second-order valence-electron chi connectivity index (χ2n) is 7.63. The predicted octanol–water partition coefficient (Wildman–Crippen LogP) is 4.03. The van der Waals surface area contributed by atoms with Crippen LogP contribution in [0.1, 0.15) is 24.0 Å². The third-order valence-corrected chi connectivity index (χ3v) is 5.91. The number of rotatable bonds is 3. The van der Waals surface area contributed by atoms with Crippen LogP contribution in [0, 0.1) is 0 Å². The molecule has 1 fully saturated rings. The Morgan fingerprint density at radius 3 is 2.11 bits per heavy atom. The van der Waals surface area contributed by atoms with Crippen molar-refractivity contribution in [2.75, 3.05) is 31.2 Å². The van der Waals surface area contributed by atoms with E-state index in [1.807, 2.05) is 6.07 Å². The molecule has 0 radical (unpaired) electrons. The molecule has 0 aromatic heterocycles. The second-order valence-corrected chi connectivity index (χ2v) is 7.63. The van der Waals surface area contributed by atoms with Gasteiger partial charge in [0, 0.05) is 36.9 Å². The normalized spacial score (nSPS) is 18.8. The molecular weight excluding hydrogens is 395 g/mol. The summed E-state index contributed by atoms with van der Waals surface area (Å²) in [6.07, 6.45) is 4.75.